The maximum Gasteiger partial charge on any atom is 0.311 e. The monoisotopic (exact) mass is 228 g/mol. The van der Waals surface area contributed by atoms with E-state index in [0.717, 1.165) is 19.3 Å². The highest BCUT2D eigenvalue weighted by atomic mass is 16.4. The van der Waals surface area contributed by atoms with Crippen LogP contribution >= 0.6 is 0 Å². The second kappa shape index (κ2) is 5.30. The number of nitrogens with one attached hydrogen (secondary N) is 2. The predicted octanol–water partition coefficient (Wildman–Crippen LogP) is 0.355. The lowest BCUT2D eigenvalue weighted by Gasteiger charge is -2.38. The van der Waals surface area contributed by atoms with Gasteiger partial charge < -0.3 is 15.7 Å². The smallest absolute Gasteiger partial charge is 0.311 e. The molecule has 0 heterocycles. The van der Waals surface area contributed by atoms with Gasteiger partial charge in [-0.3, -0.25) is 9.59 Å². The van der Waals surface area contributed by atoms with Crippen LogP contribution in [-0.2, 0) is 9.59 Å². The molecular formula is C11H20N2O3. The van der Waals surface area contributed by atoms with Crippen LogP contribution in [0, 0.1) is 5.41 Å². The molecule has 0 spiro atoms. The van der Waals surface area contributed by atoms with Gasteiger partial charge in [-0.05, 0) is 26.8 Å². The number of carboxylic acid groups (broad SMARTS) is 1. The van der Waals surface area contributed by atoms with Crippen molar-refractivity contribution < 1.29 is 14.7 Å². The molecule has 3 N–H and O–H groups in total. The van der Waals surface area contributed by atoms with Gasteiger partial charge in [0.05, 0.1) is 12.0 Å². The molecule has 1 saturated carbocycles. The molecule has 0 bridgehead atoms. The molecule has 16 heavy (non-hydrogen) atoms. The second-order valence-corrected chi connectivity index (χ2v) is 4.62. The van der Waals surface area contributed by atoms with Crippen molar-refractivity contribution in [2.75, 3.05) is 13.6 Å². The average Bonchev–Trinajstić information content (AvgIpc) is 2.21. The predicted molar refractivity (Wildman–Crippen MR) is 60.1 cm³/mol. The number of aliphatic carboxylic acids is 1. The first-order valence-electron chi connectivity index (χ1n) is 5.68. The highest BCUT2D eigenvalue weighted by molar-refractivity contribution is 5.81. The van der Waals surface area contributed by atoms with E-state index in [-0.39, 0.29) is 18.5 Å². The Morgan fingerprint density at radius 3 is 2.69 bits per heavy atom. The van der Waals surface area contributed by atoms with Crippen molar-refractivity contribution in [1.29, 1.82) is 0 Å². The van der Waals surface area contributed by atoms with Crippen LogP contribution in [0.25, 0.3) is 0 Å². The first kappa shape index (κ1) is 13.0. The van der Waals surface area contributed by atoms with Gasteiger partial charge in [0.15, 0.2) is 0 Å². The summed E-state index contributed by atoms with van der Waals surface area (Å²) in [4.78, 5) is 22.7. The Balaban J connectivity index is 2.67. The molecule has 1 fully saturated rings. The Morgan fingerprint density at radius 1 is 1.44 bits per heavy atom. The van der Waals surface area contributed by atoms with Crippen molar-refractivity contribution in [3.8, 4) is 0 Å². The summed E-state index contributed by atoms with van der Waals surface area (Å²) in [5, 5.41) is 14.8. The van der Waals surface area contributed by atoms with Crippen LogP contribution in [0.1, 0.15) is 32.6 Å². The molecule has 0 aromatic heterocycles. The quantitative estimate of drug-likeness (QED) is 0.649. The van der Waals surface area contributed by atoms with E-state index in [9.17, 15) is 14.7 Å². The van der Waals surface area contributed by atoms with E-state index in [2.05, 4.69) is 10.6 Å². The fourth-order valence-corrected chi connectivity index (χ4v) is 2.23. The third-order valence-electron chi connectivity index (χ3n) is 3.37. The number of rotatable bonds is 4. The molecule has 0 saturated heterocycles. The first-order valence-corrected chi connectivity index (χ1v) is 5.68. The molecule has 0 aromatic rings. The molecular weight excluding hydrogens is 208 g/mol. The average molecular weight is 228 g/mol. The number of carbonyl (C=O) groups is 2. The highest BCUT2D eigenvalue weighted by Crippen LogP contribution is 2.36. The molecule has 5 heteroatoms. The number of hydrogen-bond donors (Lipinski definition) is 3. The van der Waals surface area contributed by atoms with Crippen molar-refractivity contribution in [2.24, 2.45) is 5.41 Å². The lowest BCUT2D eigenvalue weighted by atomic mass is 9.71. The summed E-state index contributed by atoms with van der Waals surface area (Å²) in [6.45, 7) is 1.95. The minimum atomic E-state index is -0.818. The summed E-state index contributed by atoms with van der Waals surface area (Å²) in [5.41, 5.74) is -0.818. The number of amides is 1. The maximum atomic E-state index is 11.5. The summed E-state index contributed by atoms with van der Waals surface area (Å²) >= 11 is 0. The van der Waals surface area contributed by atoms with Crippen LogP contribution in [0.15, 0.2) is 0 Å². The van der Waals surface area contributed by atoms with Crippen LogP contribution in [0.4, 0.5) is 0 Å². The fourth-order valence-electron chi connectivity index (χ4n) is 2.23. The second-order valence-electron chi connectivity index (χ2n) is 4.62. The van der Waals surface area contributed by atoms with Crippen LogP contribution < -0.4 is 10.6 Å². The standard InChI is InChI=1S/C11H20N2O3/c1-11(10(15)16)6-4-3-5-8(11)13-9(14)7-12-2/h8,12H,3-7H2,1-2H3,(H,13,14)(H,15,16). The zero-order valence-electron chi connectivity index (χ0n) is 9.88. The minimum Gasteiger partial charge on any atom is -0.481 e. The van der Waals surface area contributed by atoms with Gasteiger partial charge in [-0.1, -0.05) is 12.8 Å². The largest absolute Gasteiger partial charge is 0.481 e. The van der Waals surface area contributed by atoms with Gasteiger partial charge in [0.2, 0.25) is 5.91 Å². The van der Waals surface area contributed by atoms with Crippen LogP contribution in [0.5, 0.6) is 0 Å². The number of hydrogen-bond acceptors (Lipinski definition) is 3. The number of carbonyl (C=O) groups excluding carboxylic acids is 1. The highest BCUT2D eigenvalue weighted by Gasteiger charge is 2.43. The fraction of sp³-hybridized carbons (Fsp3) is 0.818. The van der Waals surface area contributed by atoms with E-state index in [1.807, 2.05) is 0 Å². The Labute approximate surface area is 95.6 Å². The SMILES string of the molecule is CNCC(=O)NC1CCCCC1(C)C(=O)O. The normalized spacial score (nSPS) is 29.8. The van der Waals surface area contributed by atoms with Crippen molar-refractivity contribution >= 4 is 11.9 Å². The van der Waals surface area contributed by atoms with E-state index < -0.39 is 11.4 Å². The van der Waals surface area contributed by atoms with Crippen molar-refractivity contribution in [3.63, 3.8) is 0 Å². The summed E-state index contributed by atoms with van der Waals surface area (Å²) in [7, 11) is 1.69. The molecule has 2 unspecified atom stereocenters. The van der Waals surface area contributed by atoms with Crippen molar-refractivity contribution in [3.05, 3.63) is 0 Å². The van der Waals surface area contributed by atoms with Gasteiger partial charge in [0.25, 0.3) is 0 Å². The Bertz CT molecular complexity index is 280. The third kappa shape index (κ3) is 2.72. The van der Waals surface area contributed by atoms with Gasteiger partial charge in [0.1, 0.15) is 0 Å². The van der Waals surface area contributed by atoms with E-state index in [4.69, 9.17) is 0 Å². The molecule has 1 amide bonds. The zero-order valence-corrected chi connectivity index (χ0v) is 9.88. The Morgan fingerprint density at radius 2 is 2.12 bits per heavy atom. The maximum absolute atomic E-state index is 11.5. The van der Waals surface area contributed by atoms with E-state index in [0.29, 0.717) is 6.42 Å². The molecule has 1 aliphatic carbocycles. The minimum absolute atomic E-state index is 0.137. The van der Waals surface area contributed by atoms with E-state index >= 15 is 0 Å². The van der Waals surface area contributed by atoms with Gasteiger partial charge in [-0.2, -0.15) is 0 Å². The van der Waals surface area contributed by atoms with Gasteiger partial charge in [0, 0.05) is 6.04 Å². The summed E-state index contributed by atoms with van der Waals surface area (Å²) < 4.78 is 0. The molecule has 0 aromatic carbocycles. The van der Waals surface area contributed by atoms with Gasteiger partial charge in [-0.25, -0.2) is 0 Å². The van der Waals surface area contributed by atoms with Crippen LogP contribution in [0.2, 0.25) is 0 Å². The first-order chi connectivity index (χ1) is 7.50. The topological polar surface area (TPSA) is 78.4 Å². The van der Waals surface area contributed by atoms with E-state index in [1.54, 1.807) is 14.0 Å². The molecule has 5 nitrogen and oxygen atoms in total. The molecule has 2 atom stereocenters. The van der Waals surface area contributed by atoms with E-state index in [1.165, 1.54) is 0 Å². The molecule has 1 aliphatic rings. The molecule has 92 valence electrons. The van der Waals surface area contributed by atoms with Crippen LogP contribution in [-0.4, -0.2) is 36.6 Å². The molecule has 0 radical (unpaired) electrons. The third-order valence-corrected chi connectivity index (χ3v) is 3.37. The summed E-state index contributed by atoms with van der Waals surface area (Å²) in [5.74, 6) is -0.955. The van der Waals surface area contributed by atoms with Gasteiger partial charge >= 0.3 is 5.97 Å². The lowest BCUT2D eigenvalue weighted by Crippen LogP contribution is -2.53. The molecule has 1 rings (SSSR count). The summed E-state index contributed by atoms with van der Waals surface area (Å²) in [6.07, 6.45) is 3.28. The van der Waals surface area contributed by atoms with Crippen molar-refractivity contribution in [2.45, 2.75) is 38.6 Å². The number of likely N-dealkylation sites (N-methyl/N-ethyl adjacent to an activating group) is 1. The van der Waals surface area contributed by atoms with Crippen LogP contribution in [0.3, 0.4) is 0 Å². The van der Waals surface area contributed by atoms with Crippen molar-refractivity contribution in [1.82, 2.24) is 10.6 Å². The lowest BCUT2D eigenvalue weighted by molar-refractivity contribution is -0.152. The Kier molecular flexibility index (Phi) is 4.29. The van der Waals surface area contributed by atoms with Gasteiger partial charge in [-0.15, -0.1) is 0 Å². The number of carboxylic acids is 1. The zero-order chi connectivity index (χ0) is 12.2. The summed E-state index contributed by atoms with van der Waals surface area (Å²) in [6, 6.07) is -0.250. The Hall–Kier alpha value is -1.10. The molecule has 0 aliphatic heterocycles.